The molecule has 3 aromatic rings. The highest BCUT2D eigenvalue weighted by atomic mass is 35.5. The van der Waals surface area contributed by atoms with Crippen molar-refractivity contribution in [2.45, 2.75) is 45.3 Å². The number of amides is 1. The molecule has 0 unspecified atom stereocenters. The summed E-state index contributed by atoms with van der Waals surface area (Å²) in [6.07, 6.45) is 8.70. The fraction of sp³-hybridized carbons (Fsp3) is 0.400. The third kappa shape index (κ3) is 7.01. The van der Waals surface area contributed by atoms with Crippen molar-refractivity contribution >= 4 is 33.6 Å². The molecule has 1 saturated heterocycles. The quantitative estimate of drug-likeness (QED) is 0.360. The van der Waals surface area contributed by atoms with Crippen molar-refractivity contribution in [3.05, 3.63) is 82.0 Å². The van der Waals surface area contributed by atoms with E-state index in [1.165, 1.54) is 29.5 Å². The predicted molar refractivity (Wildman–Crippen MR) is 159 cm³/mol. The van der Waals surface area contributed by atoms with Crippen molar-refractivity contribution < 1.29 is 13.2 Å². The maximum absolute atomic E-state index is 12.5. The van der Waals surface area contributed by atoms with Crippen molar-refractivity contribution in [1.82, 2.24) is 24.3 Å². The fourth-order valence-corrected chi connectivity index (χ4v) is 6.42. The number of aryl methyl sites for hydroxylation is 1. The average Bonchev–Trinajstić information content (AvgIpc) is 3.60. The van der Waals surface area contributed by atoms with Gasteiger partial charge in [0, 0.05) is 60.5 Å². The Morgan fingerprint density at radius 3 is 2.60 bits per heavy atom. The second-order valence-electron chi connectivity index (χ2n) is 10.5. The molecule has 3 heterocycles. The standard InChI is InChI=1S/C30H36ClN5O3S/c1-40(38,39)35-19-14-28-26(22-35)30(33-36(28)18-7-17-34-15-5-6-16-34)24-11-12-27(31)25(20-24)21-32-29(37)13-10-23-8-3-2-4-9-23/h2-4,8-13,20H,5-7,14-19,21-22H2,1H3,(H,32,37). The summed E-state index contributed by atoms with van der Waals surface area (Å²) in [4.78, 5) is 15.0. The summed E-state index contributed by atoms with van der Waals surface area (Å²) in [5.74, 6) is -0.214. The molecule has 8 nitrogen and oxygen atoms in total. The Kier molecular flexibility index (Phi) is 9.05. The molecule has 0 saturated carbocycles. The number of halogens is 1. The van der Waals surface area contributed by atoms with Crippen molar-refractivity contribution in [2.75, 3.05) is 32.4 Å². The number of carbonyl (C=O) groups excluding carboxylic acids is 1. The van der Waals surface area contributed by atoms with Crippen LogP contribution in [-0.4, -0.2) is 65.7 Å². The number of benzene rings is 2. The molecule has 1 fully saturated rings. The van der Waals surface area contributed by atoms with E-state index in [0.29, 0.717) is 24.5 Å². The molecular formula is C30H36ClN5O3S. The molecule has 0 aliphatic carbocycles. The van der Waals surface area contributed by atoms with E-state index < -0.39 is 10.0 Å². The second kappa shape index (κ2) is 12.7. The second-order valence-corrected chi connectivity index (χ2v) is 12.9. The highest BCUT2D eigenvalue weighted by Gasteiger charge is 2.30. The number of hydrogen-bond donors (Lipinski definition) is 1. The van der Waals surface area contributed by atoms with Gasteiger partial charge in [-0.1, -0.05) is 48.0 Å². The lowest BCUT2D eigenvalue weighted by Gasteiger charge is -2.26. The average molecular weight is 582 g/mol. The third-order valence-corrected chi connectivity index (χ3v) is 9.23. The number of nitrogens with one attached hydrogen (secondary N) is 1. The molecule has 1 aromatic heterocycles. The zero-order valence-corrected chi connectivity index (χ0v) is 24.4. The normalized spacial score (nSPS) is 16.4. The lowest BCUT2D eigenvalue weighted by atomic mass is 10.0. The largest absolute Gasteiger partial charge is 0.348 e. The van der Waals surface area contributed by atoms with Gasteiger partial charge in [-0.2, -0.15) is 9.40 Å². The van der Waals surface area contributed by atoms with E-state index in [4.69, 9.17) is 16.7 Å². The van der Waals surface area contributed by atoms with Gasteiger partial charge in [0.1, 0.15) is 0 Å². The fourth-order valence-electron chi connectivity index (χ4n) is 5.45. The van der Waals surface area contributed by atoms with Gasteiger partial charge in [0.2, 0.25) is 15.9 Å². The minimum atomic E-state index is -3.33. The Hall–Kier alpha value is -2.98. The van der Waals surface area contributed by atoms with E-state index in [9.17, 15) is 13.2 Å². The number of sulfonamides is 1. The summed E-state index contributed by atoms with van der Waals surface area (Å²) in [7, 11) is -3.33. The number of likely N-dealkylation sites (tertiary alicyclic amines) is 1. The van der Waals surface area contributed by atoms with Gasteiger partial charge in [-0.25, -0.2) is 8.42 Å². The lowest BCUT2D eigenvalue weighted by Crippen LogP contribution is -2.35. The van der Waals surface area contributed by atoms with Crippen molar-refractivity contribution in [2.24, 2.45) is 0 Å². The first kappa shape index (κ1) is 28.5. The molecule has 0 bridgehead atoms. The zero-order chi connectivity index (χ0) is 28.1. The summed E-state index contributed by atoms with van der Waals surface area (Å²) in [5, 5.41) is 8.47. The summed E-state index contributed by atoms with van der Waals surface area (Å²) in [6, 6.07) is 15.3. The Morgan fingerprint density at radius 2 is 1.85 bits per heavy atom. The van der Waals surface area contributed by atoms with Crippen LogP contribution in [0.25, 0.3) is 17.3 Å². The van der Waals surface area contributed by atoms with Crippen molar-refractivity contribution in [3.63, 3.8) is 0 Å². The molecule has 5 rings (SSSR count). The SMILES string of the molecule is CS(=O)(=O)N1CCc2c(c(-c3ccc(Cl)c(CNC(=O)C=Cc4ccccc4)c3)nn2CCCN2CCCC2)C1. The van der Waals surface area contributed by atoms with Crippen LogP contribution >= 0.6 is 11.6 Å². The van der Waals surface area contributed by atoms with Crippen LogP contribution in [0.3, 0.4) is 0 Å². The first-order valence-corrected chi connectivity index (χ1v) is 16.1. The smallest absolute Gasteiger partial charge is 0.244 e. The molecule has 40 heavy (non-hydrogen) atoms. The van der Waals surface area contributed by atoms with Crippen LogP contribution in [0, 0.1) is 0 Å². The van der Waals surface area contributed by atoms with Crippen molar-refractivity contribution in [1.29, 1.82) is 0 Å². The highest BCUT2D eigenvalue weighted by molar-refractivity contribution is 7.88. The molecule has 1 N–H and O–H groups in total. The van der Waals surface area contributed by atoms with E-state index in [-0.39, 0.29) is 12.5 Å². The number of fused-ring (bicyclic) bond motifs is 1. The topological polar surface area (TPSA) is 87.5 Å². The number of hydrogen-bond acceptors (Lipinski definition) is 5. The van der Waals surface area contributed by atoms with Crippen LogP contribution < -0.4 is 5.32 Å². The molecule has 0 radical (unpaired) electrons. The van der Waals surface area contributed by atoms with Gasteiger partial charge >= 0.3 is 0 Å². The molecule has 212 valence electrons. The number of rotatable bonds is 10. The van der Waals surface area contributed by atoms with Crippen LogP contribution in [0.2, 0.25) is 5.02 Å². The Morgan fingerprint density at radius 1 is 1.07 bits per heavy atom. The van der Waals surface area contributed by atoms with E-state index in [1.54, 1.807) is 6.08 Å². The van der Waals surface area contributed by atoms with E-state index >= 15 is 0 Å². The molecule has 0 atom stereocenters. The number of aromatic nitrogens is 2. The molecular weight excluding hydrogens is 546 g/mol. The Balaban J connectivity index is 1.35. The van der Waals surface area contributed by atoms with E-state index in [0.717, 1.165) is 66.2 Å². The molecule has 2 aliphatic heterocycles. The van der Waals surface area contributed by atoms with Crippen LogP contribution in [0.5, 0.6) is 0 Å². The van der Waals surface area contributed by atoms with E-state index in [2.05, 4.69) is 14.9 Å². The van der Waals surface area contributed by atoms with Crippen LogP contribution in [0.1, 0.15) is 41.6 Å². The van der Waals surface area contributed by atoms with E-state index in [1.807, 2.05) is 48.5 Å². The zero-order valence-electron chi connectivity index (χ0n) is 22.9. The minimum Gasteiger partial charge on any atom is -0.348 e. The molecule has 1 amide bonds. The van der Waals surface area contributed by atoms with Gasteiger partial charge in [0.05, 0.1) is 11.9 Å². The monoisotopic (exact) mass is 581 g/mol. The van der Waals surface area contributed by atoms with Crippen LogP contribution in [0.15, 0.2) is 54.6 Å². The molecule has 2 aliphatic rings. The third-order valence-electron chi connectivity index (χ3n) is 7.61. The number of nitrogens with zero attached hydrogens (tertiary/aromatic N) is 4. The summed E-state index contributed by atoms with van der Waals surface area (Å²) in [5.41, 5.74) is 5.40. The first-order valence-electron chi connectivity index (χ1n) is 13.8. The van der Waals surface area contributed by atoms with Crippen LogP contribution in [0.4, 0.5) is 0 Å². The minimum absolute atomic E-state index is 0.214. The van der Waals surface area contributed by atoms with Gasteiger partial charge in [0.25, 0.3) is 0 Å². The Labute approximate surface area is 241 Å². The Bertz CT molecular complexity index is 1480. The maximum Gasteiger partial charge on any atom is 0.244 e. The molecule has 2 aromatic carbocycles. The van der Waals surface area contributed by atoms with Gasteiger partial charge in [-0.15, -0.1) is 0 Å². The van der Waals surface area contributed by atoms with Gasteiger partial charge in [0.15, 0.2) is 0 Å². The van der Waals surface area contributed by atoms with Gasteiger partial charge < -0.3 is 10.2 Å². The van der Waals surface area contributed by atoms with Crippen molar-refractivity contribution in [3.8, 4) is 11.3 Å². The summed E-state index contributed by atoms with van der Waals surface area (Å²) >= 11 is 6.52. The maximum atomic E-state index is 12.5. The predicted octanol–water partition coefficient (Wildman–Crippen LogP) is 4.34. The molecule has 10 heteroatoms. The first-order chi connectivity index (χ1) is 19.3. The van der Waals surface area contributed by atoms with Gasteiger partial charge in [-0.3, -0.25) is 9.48 Å². The number of carbonyl (C=O) groups is 1. The highest BCUT2D eigenvalue weighted by Crippen LogP contribution is 2.33. The summed E-state index contributed by atoms with van der Waals surface area (Å²) < 4.78 is 28.4. The lowest BCUT2D eigenvalue weighted by molar-refractivity contribution is -0.116. The summed E-state index contributed by atoms with van der Waals surface area (Å²) in [6.45, 7) is 5.19. The molecule has 0 spiro atoms. The van der Waals surface area contributed by atoms with Gasteiger partial charge in [-0.05, 0) is 68.2 Å². The van der Waals surface area contributed by atoms with Crippen LogP contribution in [-0.2, 0) is 40.9 Å².